The average molecular weight is 612 g/mol. The molecule has 3 aromatic rings. The first-order valence-electron chi connectivity index (χ1n) is 14.5. The van der Waals surface area contributed by atoms with Gasteiger partial charge in [0.2, 0.25) is 12.5 Å². The summed E-state index contributed by atoms with van der Waals surface area (Å²) in [6, 6.07) is 7.79. The van der Waals surface area contributed by atoms with Crippen LogP contribution in [0.25, 0.3) is 16.0 Å². The molecule has 2 bridgehead atoms. The van der Waals surface area contributed by atoms with Gasteiger partial charge in [-0.2, -0.15) is 4.98 Å². The van der Waals surface area contributed by atoms with Crippen LogP contribution in [-0.2, 0) is 18.6 Å². The first-order valence-corrected chi connectivity index (χ1v) is 15.0. The number of carbonyl (C=O) groups excluding carboxylic acids is 2. The maximum absolute atomic E-state index is 13.5. The van der Waals surface area contributed by atoms with Crippen LogP contribution in [-0.4, -0.2) is 90.9 Å². The van der Waals surface area contributed by atoms with Gasteiger partial charge in [0.05, 0.1) is 6.33 Å². The number of H-pyrrole nitrogens is 1. The van der Waals surface area contributed by atoms with Gasteiger partial charge in [0.1, 0.15) is 18.8 Å². The smallest absolute Gasteiger partial charge is 0.280 e. The summed E-state index contributed by atoms with van der Waals surface area (Å²) in [7, 11) is -0.146. The SMILES string of the molecule is [2H]C[C@@]12O[C@@H](n3cnc4c(=O)[nH]c(NC(=O)c5ccccc5)nc43)[C@@H]([C@@H]1OP(OCC[N+]#[C-])N(C(C)C)C(C)C)N(C)C2=O. The van der Waals surface area contributed by atoms with E-state index in [4.69, 9.17) is 21.7 Å². The molecule has 1 unspecified atom stereocenters. The Kier molecular flexibility index (Phi) is 8.26. The Balaban J connectivity index is 1.51. The van der Waals surface area contributed by atoms with Gasteiger partial charge in [-0.05, 0) is 46.7 Å². The minimum absolute atomic E-state index is 0.0102. The lowest BCUT2D eigenvalue weighted by Gasteiger charge is -2.37. The molecule has 15 heteroatoms. The van der Waals surface area contributed by atoms with Crippen LogP contribution in [0.4, 0.5) is 5.95 Å². The van der Waals surface area contributed by atoms with Crippen LogP contribution in [0, 0.1) is 6.57 Å². The van der Waals surface area contributed by atoms with Crippen molar-refractivity contribution >= 4 is 37.5 Å². The largest absolute Gasteiger partial charge is 0.337 e. The van der Waals surface area contributed by atoms with Crippen molar-refractivity contribution in [1.82, 2.24) is 29.1 Å². The molecule has 2 aliphatic heterocycles. The second kappa shape index (κ2) is 12.1. The van der Waals surface area contributed by atoms with Crippen molar-refractivity contribution in [3.05, 3.63) is 64.0 Å². The van der Waals surface area contributed by atoms with Gasteiger partial charge in [0, 0.05) is 26.1 Å². The zero-order valence-electron chi connectivity index (χ0n) is 25.6. The van der Waals surface area contributed by atoms with Crippen LogP contribution in [0.15, 0.2) is 41.5 Å². The minimum atomic E-state index is -1.76. The van der Waals surface area contributed by atoms with Crippen molar-refractivity contribution in [3.8, 4) is 0 Å². The van der Waals surface area contributed by atoms with Crippen molar-refractivity contribution in [2.75, 3.05) is 25.5 Å². The van der Waals surface area contributed by atoms with Gasteiger partial charge in [-0.25, -0.2) is 16.2 Å². The second-order valence-electron chi connectivity index (χ2n) is 10.9. The quantitative estimate of drug-likeness (QED) is 0.190. The van der Waals surface area contributed by atoms with Gasteiger partial charge in [-0.15, -0.1) is 0 Å². The predicted molar refractivity (Wildman–Crippen MR) is 159 cm³/mol. The molecule has 5 atom stereocenters. The van der Waals surface area contributed by atoms with Gasteiger partial charge < -0.3 is 23.5 Å². The molecule has 0 saturated carbocycles. The number of nitrogens with zero attached hydrogens (tertiary/aromatic N) is 6. The number of hydrogen-bond donors (Lipinski definition) is 2. The molecule has 2 N–H and O–H groups in total. The molecule has 0 spiro atoms. The molecule has 1 aromatic carbocycles. The molecule has 14 nitrogen and oxygen atoms in total. The maximum atomic E-state index is 13.5. The topological polar surface area (TPSA) is 148 Å². The number of carbonyl (C=O) groups is 2. The standard InChI is InChI=1S/C28H35N8O6P/c1-16(2)36(17(3)4)43(40-14-13-29-6)42-21-20-25(41-28(21,5)26(39)34(20)7)35-15-30-19-22(35)31-27(33-24(19)38)32-23(37)18-11-9-8-10-12-18/h8-12,15-17,20-21,25H,13-14H2,1-5,7H3,(H2,31,32,33,37,38)/t20-,21+,25-,28-,43?/m1/s1/i5D. The number of hydrogen-bond acceptors (Lipinski definition) is 9. The van der Waals surface area contributed by atoms with E-state index < -0.39 is 56.8 Å². The Morgan fingerprint density at radius 3 is 2.67 bits per heavy atom. The van der Waals surface area contributed by atoms with E-state index in [9.17, 15) is 14.4 Å². The highest BCUT2D eigenvalue weighted by molar-refractivity contribution is 7.44. The molecule has 2 amide bonds. The Hall–Kier alpha value is -3.73. The number of morpholine rings is 1. The zero-order valence-corrected chi connectivity index (χ0v) is 25.4. The highest BCUT2D eigenvalue weighted by atomic mass is 31.2. The number of benzene rings is 1. The van der Waals surface area contributed by atoms with Crippen molar-refractivity contribution in [2.45, 2.75) is 70.7 Å². The third-order valence-electron chi connectivity index (χ3n) is 7.35. The number of aromatic nitrogens is 4. The normalized spacial score (nSPS) is 24.3. The lowest BCUT2D eigenvalue weighted by Crippen LogP contribution is -2.47. The van der Waals surface area contributed by atoms with Crippen LogP contribution in [0.2, 0.25) is 0 Å². The lowest BCUT2D eigenvalue weighted by atomic mass is 10.0. The van der Waals surface area contributed by atoms with Crippen LogP contribution in [0.5, 0.6) is 0 Å². The number of rotatable bonds is 11. The summed E-state index contributed by atoms with van der Waals surface area (Å²) in [6.45, 7) is 15.0. The third-order valence-corrected chi connectivity index (χ3v) is 9.46. The van der Waals surface area contributed by atoms with Gasteiger partial charge in [-0.1, -0.05) is 18.2 Å². The van der Waals surface area contributed by atoms with E-state index in [1.54, 1.807) is 37.4 Å². The van der Waals surface area contributed by atoms with Gasteiger partial charge in [0.15, 0.2) is 23.0 Å². The number of nitrogens with one attached hydrogen (secondary N) is 2. The minimum Gasteiger partial charge on any atom is -0.337 e. The molecule has 2 aromatic heterocycles. The predicted octanol–water partition coefficient (Wildman–Crippen LogP) is 3.17. The van der Waals surface area contributed by atoms with Gasteiger partial charge in [-0.3, -0.25) is 29.3 Å². The van der Waals surface area contributed by atoms with Crippen molar-refractivity contribution in [3.63, 3.8) is 0 Å². The van der Waals surface area contributed by atoms with E-state index in [1.165, 1.54) is 15.8 Å². The number of anilines is 1. The summed E-state index contributed by atoms with van der Waals surface area (Å²) < 4.78 is 31.1. The highest BCUT2D eigenvalue weighted by Crippen LogP contribution is 2.56. The molecule has 4 heterocycles. The number of imidazole rings is 1. The number of fused-ring (bicyclic) bond motifs is 3. The van der Waals surface area contributed by atoms with E-state index in [0.717, 1.165) is 0 Å². The summed E-state index contributed by atoms with van der Waals surface area (Å²) >= 11 is 0. The van der Waals surface area contributed by atoms with Crippen molar-refractivity contribution < 1.29 is 24.7 Å². The number of aromatic amines is 1. The van der Waals surface area contributed by atoms with E-state index in [2.05, 4.69) is 25.1 Å². The Morgan fingerprint density at radius 2 is 2.02 bits per heavy atom. The molecule has 5 rings (SSSR count). The number of amides is 2. The maximum Gasteiger partial charge on any atom is 0.280 e. The van der Waals surface area contributed by atoms with Crippen LogP contribution in [0.3, 0.4) is 0 Å². The Labute approximate surface area is 251 Å². The lowest BCUT2D eigenvalue weighted by molar-refractivity contribution is -0.170. The monoisotopic (exact) mass is 611 g/mol. The highest BCUT2D eigenvalue weighted by Gasteiger charge is 2.68. The van der Waals surface area contributed by atoms with Crippen LogP contribution in [0.1, 0.15) is 52.6 Å². The van der Waals surface area contributed by atoms with E-state index >= 15 is 0 Å². The fourth-order valence-corrected chi connectivity index (χ4v) is 7.26. The molecule has 2 fully saturated rings. The summed E-state index contributed by atoms with van der Waals surface area (Å²) in [4.78, 5) is 55.4. The Bertz CT molecular complexity index is 1620. The number of ether oxygens (including phenoxy) is 1. The molecule has 43 heavy (non-hydrogen) atoms. The summed E-state index contributed by atoms with van der Waals surface area (Å²) in [6.07, 6.45) is -0.451. The second-order valence-corrected chi connectivity index (χ2v) is 12.3. The average Bonchev–Trinajstić information content (AvgIpc) is 3.61. The summed E-state index contributed by atoms with van der Waals surface area (Å²) in [5.74, 6) is -0.954. The molecular formula is C28H35N8O6P. The number of likely N-dealkylation sites (N-methyl/N-ethyl adjacent to an activating group) is 1. The van der Waals surface area contributed by atoms with E-state index in [0.29, 0.717) is 5.56 Å². The molecule has 0 radical (unpaired) electrons. The Morgan fingerprint density at radius 1 is 1.30 bits per heavy atom. The molecular weight excluding hydrogens is 575 g/mol. The zero-order chi connectivity index (χ0) is 31.8. The van der Waals surface area contributed by atoms with Crippen LogP contribution < -0.4 is 10.9 Å². The molecule has 2 saturated heterocycles. The van der Waals surface area contributed by atoms with Crippen LogP contribution >= 0.6 is 8.53 Å². The third kappa shape index (κ3) is 5.55. The molecule has 2 aliphatic rings. The molecule has 0 aliphatic carbocycles. The fourth-order valence-electron chi connectivity index (χ4n) is 5.47. The molecule has 228 valence electrons. The van der Waals surface area contributed by atoms with Gasteiger partial charge in [0.25, 0.3) is 25.9 Å². The summed E-state index contributed by atoms with van der Waals surface area (Å²) in [5.41, 5.74) is -1.72. The first kappa shape index (κ1) is 29.3. The van der Waals surface area contributed by atoms with E-state index in [1.807, 2.05) is 32.4 Å². The van der Waals surface area contributed by atoms with Crippen molar-refractivity contribution in [1.29, 1.82) is 0 Å². The van der Waals surface area contributed by atoms with Crippen molar-refractivity contribution in [2.24, 2.45) is 0 Å². The summed E-state index contributed by atoms with van der Waals surface area (Å²) in [5, 5.41) is 2.61. The number of likely N-dealkylation sites (tertiary alicyclic amines) is 1. The van der Waals surface area contributed by atoms with E-state index in [-0.39, 0.29) is 42.3 Å². The fraction of sp³-hybridized carbons (Fsp3) is 0.500. The van der Waals surface area contributed by atoms with Gasteiger partial charge >= 0.3 is 0 Å². The first-order chi connectivity index (χ1) is 21.0.